The number of furan rings is 1. The van der Waals surface area contributed by atoms with E-state index in [1.807, 2.05) is 48.5 Å². The number of hydrogen-bond donors (Lipinski definition) is 2. The second-order valence-corrected chi connectivity index (χ2v) is 5.83. The van der Waals surface area contributed by atoms with E-state index >= 15 is 0 Å². The van der Waals surface area contributed by atoms with E-state index in [0.29, 0.717) is 10.5 Å². The predicted octanol–water partition coefficient (Wildman–Crippen LogP) is 3.59. The Morgan fingerprint density at radius 3 is 2.30 bits per heavy atom. The van der Waals surface area contributed by atoms with Crippen molar-refractivity contribution >= 4 is 46.1 Å². The van der Waals surface area contributed by atoms with Crippen molar-refractivity contribution in [1.82, 2.24) is 0 Å². The van der Waals surface area contributed by atoms with E-state index in [1.165, 1.54) is 0 Å². The molecule has 4 rings (SSSR count). The number of rotatable bonds is 2. The molecule has 1 aromatic heterocycles. The van der Waals surface area contributed by atoms with Crippen LogP contribution in [-0.2, 0) is 0 Å². The van der Waals surface area contributed by atoms with Crippen molar-refractivity contribution in [3.8, 4) is 11.1 Å². The van der Waals surface area contributed by atoms with E-state index in [2.05, 4.69) is 0 Å². The summed E-state index contributed by atoms with van der Waals surface area (Å²) in [6, 6.07) is 19.0. The molecule has 1 heterocycles. The van der Waals surface area contributed by atoms with Crippen molar-refractivity contribution in [2.24, 2.45) is 0 Å². The van der Waals surface area contributed by atoms with Gasteiger partial charge in [0.05, 0.1) is 0 Å². The van der Waals surface area contributed by atoms with Crippen LogP contribution in [0.25, 0.3) is 33.1 Å². The fourth-order valence-corrected chi connectivity index (χ4v) is 3.04. The van der Waals surface area contributed by atoms with Crippen LogP contribution in [0.1, 0.15) is 0 Å². The summed E-state index contributed by atoms with van der Waals surface area (Å²) in [5, 5.41) is 21.2. The molecule has 3 nitrogen and oxygen atoms in total. The zero-order chi connectivity index (χ0) is 16.0. The smallest absolute Gasteiger partial charge is 0.456 e. The highest BCUT2D eigenvalue weighted by molar-refractivity contribution is 6.62. The van der Waals surface area contributed by atoms with E-state index in [-0.39, 0.29) is 0 Å². The van der Waals surface area contributed by atoms with E-state index in [0.717, 1.165) is 33.1 Å². The normalized spacial score (nSPS) is 11.3. The van der Waals surface area contributed by atoms with Crippen LogP contribution < -0.4 is 5.46 Å². The molecular formula is C18H12BClO3. The van der Waals surface area contributed by atoms with E-state index in [1.54, 1.807) is 12.1 Å². The molecule has 0 bridgehead atoms. The minimum absolute atomic E-state index is 0.293. The second-order valence-electron chi connectivity index (χ2n) is 5.42. The van der Waals surface area contributed by atoms with Crippen molar-refractivity contribution in [3.05, 3.63) is 65.7 Å². The molecule has 0 aliphatic rings. The second kappa shape index (κ2) is 5.42. The van der Waals surface area contributed by atoms with Crippen LogP contribution in [0, 0.1) is 0 Å². The molecule has 0 amide bonds. The third kappa shape index (κ3) is 2.41. The van der Waals surface area contributed by atoms with Gasteiger partial charge in [0.15, 0.2) is 0 Å². The van der Waals surface area contributed by atoms with Crippen molar-refractivity contribution in [2.45, 2.75) is 0 Å². The summed E-state index contributed by atoms with van der Waals surface area (Å²) < 4.78 is 5.82. The minimum Gasteiger partial charge on any atom is -0.456 e. The summed E-state index contributed by atoms with van der Waals surface area (Å²) in [6.45, 7) is 0. The SMILES string of the molecule is OB(O)c1cc(-c2ccc3oc4ccccc4c3c2)ccc1Cl. The van der Waals surface area contributed by atoms with Crippen LogP contribution in [0.5, 0.6) is 0 Å². The topological polar surface area (TPSA) is 53.6 Å². The van der Waals surface area contributed by atoms with Gasteiger partial charge in [-0.3, -0.25) is 0 Å². The lowest BCUT2D eigenvalue weighted by atomic mass is 9.79. The average molecular weight is 323 g/mol. The van der Waals surface area contributed by atoms with Crippen LogP contribution in [0.4, 0.5) is 0 Å². The Kier molecular flexibility index (Phi) is 3.38. The third-order valence-electron chi connectivity index (χ3n) is 3.98. The lowest BCUT2D eigenvalue weighted by molar-refractivity contribution is 0.426. The zero-order valence-electron chi connectivity index (χ0n) is 12.0. The maximum absolute atomic E-state index is 9.41. The molecule has 0 saturated carbocycles. The zero-order valence-corrected chi connectivity index (χ0v) is 12.8. The summed E-state index contributed by atoms with van der Waals surface area (Å²) in [5.41, 5.74) is 3.79. The summed E-state index contributed by atoms with van der Waals surface area (Å²) in [5.74, 6) is 0. The molecule has 0 fully saturated rings. The maximum atomic E-state index is 9.41. The first-order valence-electron chi connectivity index (χ1n) is 7.21. The molecule has 5 heteroatoms. The highest BCUT2D eigenvalue weighted by Gasteiger charge is 2.16. The van der Waals surface area contributed by atoms with Crippen molar-refractivity contribution in [3.63, 3.8) is 0 Å². The first-order chi connectivity index (χ1) is 11.1. The van der Waals surface area contributed by atoms with Crippen molar-refractivity contribution in [1.29, 1.82) is 0 Å². The lowest BCUT2D eigenvalue weighted by Gasteiger charge is -2.07. The molecule has 0 spiro atoms. The molecule has 4 aromatic rings. The molecule has 0 radical (unpaired) electrons. The largest absolute Gasteiger partial charge is 0.489 e. The Morgan fingerprint density at radius 2 is 1.48 bits per heavy atom. The van der Waals surface area contributed by atoms with Crippen molar-refractivity contribution < 1.29 is 14.5 Å². The fourth-order valence-electron chi connectivity index (χ4n) is 2.83. The number of halogens is 1. The first kappa shape index (κ1) is 14.3. The average Bonchev–Trinajstić information content (AvgIpc) is 2.93. The van der Waals surface area contributed by atoms with E-state index in [9.17, 15) is 10.0 Å². The van der Waals surface area contributed by atoms with Crippen LogP contribution >= 0.6 is 11.6 Å². The molecule has 2 N–H and O–H groups in total. The number of para-hydroxylation sites is 1. The van der Waals surface area contributed by atoms with Crippen molar-refractivity contribution in [2.75, 3.05) is 0 Å². The molecule has 0 aliphatic heterocycles. The quantitative estimate of drug-likeness (QED) is 0.555. The molecule has 0 unspecified atom stereocenters. The molecule has 112 valence electrons. The van der Waals surface area contributed by atoms with Gasteiger partial charge in [-0.05, 0) is 35.4 Å². The molecular weight excluding hydrogens is 310 g/mol. The van der Waals surface area contributed by atoms with Gasteiger partial charge in [0.2, 0.25) is 0 Å². The predicted molar refractivity (Wildman–Crippen MR) is 94.0 cm³/mol. The summed E-state index contributed by atoms with van der Waals surface area (Å²) in [6.07, 6.45) is 0. The van der Waals surface area contributed by atoms with Gasteiger partial charge in [-0.1, -0.05) is 48.0 Å². The number of fused-ring (bicyclic) bond motifs is 3. The third-order valence-corrected chi connectivity index (χ3v) is 4.33. The summed E-state index contributed by atoms with van der Waals surface area (Å²) in [7, 11) is -1.60. The Morgan fingerprint density at radius 1 is 0.783 bits per heavy atom. The first-order valence-corrected chi connectivity index (χ1v) is 7.58. The van der Waals surface area contributed by atoms with Gasteiger partial charge in [0.1, 0.15) is 11.2 Å². The number of benzene rings is 3. The lowest BCUT2D eigenvalue weighted by Crippen LogP contribution is -2.30. The van der Waals surface area contributed by atoms with Gasteiger partial charge < -0.3 is 14.5 Å². The molecule has 0 aliphatic carbocycles. The minimum atomic E-state index is -1.60. The Labute approximate surface area is 137 Å². The fraction of sp³-hybridized carbons (Fsp3) is 0. The summed E-state index contributed by atoms with van der Waals surface area (Å²) >= 11 is 6.00. The molecule has 0 atom stereocenters. The molecule has 3 aromatic carbocycles. The Hall–Kier alpha value is -2.27. The van der Waals surface area contributed by atoms with Gasteiger partial charge >= 0.3 is 7.12 Å². The highest BCUT2D eigenvalue weighted by atomic mass is 35.5. The van der Waals surface area contributed by atoms with Crippen LogP contribution in [-0.4, -0.2) is 17.2 Å². The molecule has 0 saturated heterocycles. The van der Waals surface area contributed by atoms with Gasteiger partial charge in [-0.2, -0.15) is 0 Å². The van der Waals surface area contributed by atoms with E-state index in [4.69, 9.17) is 16.0 Å². The van der Waals surface area contributed by atoms with Gasteiger partial charge in [0.25, 0.3) is 0 Å². The molecule has 23 heavy (non-hydrogen) atoms. The Balaban J connectivity index is 1.92. The van der Waals surface area contributed by atoms with Gasteiger partial charge in [-0.25, -0.2) is 0 Å². The monoisotopic (exact) mass is 322 g/mol. The van der Waals surface area contributed by atoms with Crippen LogP contribution in [0.15, 0.2) is 65.1 Å². The highest BCUT2D eigenvalue weighted by Crippen LogP contribution is 2.32. The summed E-state index contributed by atoms with van der Waals surface area (Å²) in [4.78, 5) is 0. The van der Waals surface area contributed by atoms with E-state index < -0.39 is 7.12 Å². The standard InChI is InChI=1S/C18H12BClO3/c20-16-7-5-12(10-15(16)19(21)22)11-6-8-18-14(9-11)13-3-1-2-4-17(13)23-18/h1-10,21-22H. The van der Waals surface area contributed by atoms with Gasteiger partial charge in [0, 0.05) is 21.3 Å². The van der Waals surface area contributed by atoms with Crippen LogP contribution in [0.2, 0.25) is 5.02 Å². The Bertz CT molecular complexity index is 1020. The van der Waals surface area contributed by atoms with Crippen LogP contribution in [0.3, 0.4) is 0 Å². The number of hydrogen-bond acceptors (Lipinski definition) is 3. The maximum Gasteiger partial charge on any atom is 0.489 e. The van der Waals surface area contributed by atoms with Gasteiger partial charge in [-0.15, -0.1) is 0 Å².